The number of nitrogens with zero attached hydrogens (tertiary/aromatic N) is 2. The van der Waals surface area contributed by atoms with Gasteiger partial charge in [-0.3, -0.25) is 10.00 Å². The van der Waals surface area contributed by atoms with Crippen LogP contribution in [0.25, 0.3) is 11.5 Å². The number of aromatic nitrogens is 2. The lowest BCUT2D eigenvalue weighted by Gasteiger charge is -2.48. The molecule has 4 rings (SSSR count). The molecule has 0 bridgehead atoms. The van der Waals surface area contributed by atoms with Crippen LogP contribution in [-0.4, -0.2) is 53.5 Å². The van der Waals surface area contributed by atoms with Gasteiger partial charge in [0.15, 0.2) is 5.76 Å². The quantitative estimate of drug-likeness (QED) is 0.831. The third-order valence-corrected chi connectivity index (χ3v) is 5.94. The summed E-state index contributed by atoms with van der Waals surface area (Å²) in [5.74, 6) is 1.78. The van der Waals surface area contributed by atoms with E-state index < -0.39 is 0 Å². The van der Waals surface area contributed by atoms with Gasteiger partial charge in [-0.1, -0.05) is 19.3 Å². The summed E-state index contributed by atoms with van der Waals surface area (Å²) in [5.41, 5.74) is 2.43. The number of aromatic amines is 1. The van der Waals surface area contributed by atoms with Crippen LogP contribution in [-0.2, 0) is 11.3 Å². The van der Waals surface area contributed by atoms with Crippen LogP contribution in [0, 0.1) is 6.92 Å². The standard InChI is InChI=1S/C20H30N4O2/c1-16-5-6-18(26-16)19-17(14-22-23-19)13-21-15-20(7-3-2-4-8-20)24-9-11-25-12-10-24/h5-6,14,21H,2-4,7-13,15H2,1H3,(H,22,23). The van der Waals surface area contributed by atoms with Crippen LogP contribution in [0.1, 0.15) is 43.4 Å². The second kappa shape index (κ2) is 7.94. The first-order valence-corrected chi connectivity index (χ1v) is 9.89. The van der Waals surface area contributed by atoms with E-state index in [9.17, 15) is 0 Å². The van der Waals surface area contributed by atoms with Crippen molar-refractivity contribution in [2.24, 2.45) is 0 Å². The van der Waals surface area contributed by atoms with Gasteiger partial charge >= 0.3 is 0 Å². The highest BCUT2D eigenvalue weighted by Crippen LogP contribution is 2.34. The van der Waals surface area contributed by atoms with E-state index in [0.29, 0.717) is 0 Å². The highest BCUT2D eigenvalue weighted by atomic mass is 16.5. The Morgan fingerprint density at radius 3 is 2.73 bits per heavy atom. The van der Waals surface area contributed by atoms with Crippen molar-refractivity contribution in [3.63, 3.8) is 0 Å². The van der Waals surface area contributed by atoms with Crippen LogP contribution in [0.5, 0.6) is 0 Å². The maximum Gasteiger partial charge on any atom is 0.152 e. The van der Waals surface area contributed by atoms with Crippen LogP contribution >= 0.6 is 0 Å². The molecule has 2 aromatic heterocycles. The molecular weight excluding hydrogens is 328 g/mol. The Morgan fingerprint density at radius 1 is 1.19 bits per heavy atom. The van der Waals surface area contributed by atoms with Crippen molar-refractivity contribution < 1.29 is 9.15 Å². The topological polar surface area (TPSA) is 66.3 Å². The van der Waals surface area contributed by atoms with E-state index in [-0.39, 0.29) is 5.54 Å². The van der Waals surface area contributed by atoms with Crippen LogP contribution < -0.4 is 5.32 Å². The predicted octanol–water partition coefficient (Wildman–Crippen LogP) is 3.10. The lowest BCUT2D eigenvalue weighted by atomic mass is 9.79. The highest BCUT2D eigenvalue weighted by molar-refractivity contribution is 5.56. The highest BCUT2D eigenvalue weighted by Gasteiger charge is 2.38. The molecule has 0 atom stereocenters. The summed E-state index contributed by atoms with van der Waals surface area (Å²) in [6.45, 7) is 7.64. The predicted molar refractivity (Wildman–Crippen MR) is 101 cm³/mol. The minimum Gasteiger partial charge on any atom is -0.460 e. The van der Waals surface area contributed by atoms with Gasteiger partial charge in [-0.2, -0.15) is 5.10 Å². The van der Waals surface area contributed by atoms with Crippen molar-refractivity contribution in [3.05, 3.63) is 29.7 Å². The fraction of sp³-hybridized carbons (Fsp3) is 0.650. The molecule has 1 aliphatic carbocycles. The summed E-state index contributed by atoms with van der Waals surface area (Å²) >= 11 is 0. The molecule has 0 aromatic carbocycles. The average molecular weight is 358 g/mol. The van der Waals surface area contributed by atoms with Crippen LogP contribution in [0.2, 0.25) is 0 Å². The van der Waals surface area contributed by atoms with Crippen molar-refractivity contribution >= 4 is 0 Å². The zero-order chi connectivity index (χ0) is 17.8. The molecule has 0 radical (unpaired) electrons. The van der Waals surface area contributed by atoms with E-state index in [2.05, 4.69) is 20.4 Å². The summed E-state index contributed by atoms with van der Waals surface area (Å²) in [6, 6.07) is 3.99. The number of ether oxygens (including phenoxy) is 1. The number of hydrogen-bond donors (Lipinski definition) is 2. The molecule has 1 saturated carbocycles. The molecule has 2 fully saturated rings. The van der Waals surface area contributed by atoms with Crippen LogP contribution in [0.3, 0.4) is 0 Å². The summed E-state index contributed by atoms with van der Waals surface area (Å²) in [5, 5.41) is 11.0. The molecule has 0 unspecified atom stereocenters. The average Bonchev–Trinajstić information content (AvgIpc) is 3.32. The van der Waals surface area contributed by atoms with E-state index >= 15 is 0 Å². The molecule has 1 saturated heterocycles. The Kier molecular flexibility index (Phi) is 5.43. The molecular formula is C20H30N4O2. The van der Waals surface area contributed by atoms with Gasteiger partial charge in [0.05, 0.1) is 19.4 Å². The Labute approximate surface area is 155 Å². The zero-order valence-corrected chi connectivity index (χ0v) is 15.7. The molecule has 2 aromatic rings. The number of rotatable bonds is 6. The fourth-order valence-electron chi connectivity index (χ4n) is 4.51. The minimum absolute atomic E-state index is 0.285. The molecule has 6 nitrogen and oxygen atoms in total. The zero-order valence-electron chi connectivity index (χ0n) is 15.7. The van der Waals surface area contributed by atoms with Gasteiger partial charge in [-0.25, -0.2) is 0 Å². The normalized spacial score (nSPS) is 21.1. The molecule has 3 heterocycles. The molecule has 0 amide bonds. The van der Waals surface area contributed by atoms with Crippen LogP contribution in [0.4, 0.5) is 0 Å². The fourth-order valence-corrected chi connectivity index (χ4v) is 4.51. The molecule has 142 valence electrons. The third kappa shape index (κ3) is 3.72. The third-order valence-electron chi connectivity index (χ3n) is 5.94. The lowest BCUT2D eigenvalue weighted by molar-refractivity contribution is -0.0369. The number of nitrogens with one attached hydrogen (secondary N) is 2. The molecule has 26 heavy (non-hydrogen) atoms. The molecule has 0 spiro atoms. The van der Waals surface area contributed by atoms with Gasteiger partial charge in [-0.05, 0) is 31.9 Å². The Bertz CT molecular complexity index is 696. The van der Waals surface area contributed by atoms with E-state index in [0.717, 1.165) is 62.2 Å². The number of morpholine rings is 1. The number of H-pyrrole nitrogens is 1. The molecule has 6 heteroatoms. The maximum absolute atomic E-state index is 5.76. The van der Waals surface area contributed by atoms with Gasteiger partial charge in [0.25, 0.3) is 0 Å². The second-order valence-corrected chi connectivity index (χ2v) is 7.67. The van der Waals surface area contributed by atoms with Crippen molar-refractivity contribution in [3.8, 4) is 11.5 Å². The first-order valence-electron chi connectivity index (χ1n) is 9.89. The van der Waals surface area contributed by atoms with Crippen molar-refractivity contribution in [1.82, 2.24) is 20.4 Å². The van der Waals surface area contributed by atoms with Gasteiger partial charge in [-0.15, -0.1) is 0 Å². The monoisotopic (exact) mass is 358 g/mol. The Balaban J connectivity index is 1.42. The van der Waals surface area contributed by atoms with E-state index in [1.54, 1.807) is 0 Å². The largest absolute Gasteiger partial charge is 0.460 e. The van der Waals surface area contributed by atoms with Gasteiger partial charge in [0.1, 0.15) is 11.5 Å². The smallest absolute Gasteiger partial charge is 0.152 e. The maximum atomic E-state index is 5.76. The van der Waals surface area contributed by atoms with Gasteiger partial charge < -0.3 is 14.5 Å². The Hall–Kier alpha value is -1.63. The summed E-state index contributed by atoms with van der Waals surface area (Å²) in [4.78, 5) is 2.68. The molecule has 2 N–H and O–H groups in total. The summed E-state index contributed by atoms with van der Waals surface area (Å²) in [6.07, 6.45) is 8.52. The van der Waals surface area contributed by atoms with Gasteiger partial charge in [0, 0.05) is 37.3 Å². The van der Waals surface area contributed by atoms with E-state index in [1.807, 2.05) is 25.3 Å². The van der Waals surface area contributed by atoms with Crippen molar-refractivity contribution in [1.29, 1.82) is 0 Å². The summed E-state index contributed by atoms with van der Waals surface area (Å²) < 4.78 is 11.3. The number of furan rings is 1. The SMILES string of the molecule is Cc1ccc(-c2[nH]ncc2CNCC2(N3CCOCC3)CCCCC2)o1. The number of hydrogen-bond acceptors (Lipinski definition) is 5. The van der Waals surface area contributed by atoms with E-state index in [4.69, 9.17) is 9.15 Å². The minimum atomic E-state index is 0.285. The first kappa shape index (κ1) is 17.8. The van der Waals surface area contributed by atoms with Crippen molar-refractivity contribution in [2.75, 3.05) is 32.8 Å². The summed E-state index contributed by atoms with van der Waals surface area (Å²) in [7, 11) is 0. The van der Waals surface area contributed by atoms with Crippen LogP contribution in [0.15, 0.2) is 22.7 Å². The first-order chi connectivity index (χ1) is 12.8. The molecule has 1 aliphatic heterocycles. The van der Waals surface area contributed by atoms with Gasteiger partial charge in [0.2, 0.25) is 0 Å². The molecule has 2 aliphatic rings. The lowest BCUT2D eigenvalue weighted by Crippen LogP contribution is -2.59. The van der Waals surface area contributed by atoms with Crippen molar-refractivity contribution in [2.45, 2.75) is 51.1 Å². The number of aryl methyl sites for hydroxylation is 1. The van der Waals surface area contributed by atoms with E-state index in [1.165, 1.54) is 32.1 Å². The Morgan fingerprint density at radius 2 is 2.00 bits per heavy atom. The second-order valence-electron chi connectivity index (χ2n) is 7.67.